The minimum absolute atomic E-state index is 0.0837. The standard InChI is InChI=1S/C19H15N3OS/c1-13-2-8-16(9-3-13)21-18(23)10-19-22-17(12-24-19)15-6-4-14(11-20)5-7-15/h2-9,12H,10H2,1H3,(H,21,23). The Balaban J connectivity index is 1.65. The fourth-order valence-electron chi connectivity index (χ4n) is 2.22. The molecule has 0 aliphatic heterocycles. The van der Waals surface area contributed by atoms with Crippen molar-refractivity contribution in [3.05, 3.63) is 70.0 Å². The zero-order valence-corrected chi connectivity index (χ0v) is 13.9. The van der Waals surface area contributed by atoms with Gasteiger partial charge in [0.2, 0.25) is 5.91 Å². The molecule has 3 rings (SSSR count). The maximum Gasteiger partial charge on any atom is 0.231 e. The van der Waals surface area contributed by atoms with Crippen molar-refractivity contribution in [3.8, 4) is 17.3 Å². The van der Waals surface area contributed by atoms with Gasteiger partial charge in [-0.3, -0.25) is 4.79 Å². The molecule has 24 heavy (non-hydrogen) atoms. The first kappa shape index (κ1) is 15.9. The molecule has 0 aliphatic carbocycles. The Kier molecular flexibility index (Phi) is 4.69. The molecule has 1 N–H and O–H groups in total. The van der Waals surface area contributed by atoms with E-state index in [1.54, 1.807) is 12.1 Å². The molecule has 1 aromatic heterocycles. The van der Waals surface area contributed by atoms with Crippen molar-refractivity contribution in [2.24, 2.45) is 0 Å². The summed E-state index contributed by atoms with van der Waals surface area (Å²) in [7, 11) is 0. The molecule has 2 aromatic carbocycles. The monoisotopic (exact) mass is 333 g/mol. The molecule has 0 unspecified atom stereocenters. The van der Waals surface area contributed by atoms with E-state index in [0.717, 1.165) is 27.5 Å². The lowest BCUT2D eigenvalue weighted by molar-refractivity contribution is -0.115. The highest BCUT2D eigenvalue weighted by Crippen LogP contribution is 2.22. The molecule has 3 aromatic rings. The smallest absolute Gasteiger partial charge is 0.231 e. The van der Waals surface area contributed by atoms with Crippen LogP contribution in [0.15, 0.2) is 53.9 Å². The average molecular weight is 333 g/mol. The minimum atomic E-state index is -0.0837. The number of amides is 1. The minimum Gasteiger partial charge on any atom is -0.326 e. The summed E-state index contributed by atoms with van der Waals surface area (Å²) in [5.41, 5.74) is 4.32. The van der Waals surface area contributed by atoms with Crippen LogP contribution in [0.5, 0.6) is 0 Å². The number of nitrogens with zero attached hydrogens (tertiary/aromatic N) is 2. The van der Waals surface area contributed by atoms with Crippen LogP contribution in [0, 0.1) is 18.3 Å². The highest BCUT2D eigenvalue weighted by atomic mass is 32.1. The molecule has 118 valence electrons. The lowest BCUT2D eigenvalue weighted by Gasteiger charge is -2.04. The Morgan fingerprint density at radius 1 is 1.17 bits per heavy atom. The van der Waals surface area contributed by atoms with Gasteiger partial charge in [0.05, 0.1) is 23.7 Å². The number of hydrogen-bond acceptors (Lipinski definition) is 4. The van der Waals surface area contributed by atoms with Crippen molar-refractivity contribution in [1.82, 2.24) is 4.98 Å². The molecule has 0 fully saturated rings. The molecule has 0 atom stereocenters. The summed E-state index contributed by atoms with van der Waals surface area (Å²) < 4.78 is 0. The van der Waals surface area contributed by atoms with Crippen LogP contribution >= 0.6 is 11.3 Å². The van der Waals surface area contributed by atoms with E-state index in [1.165, 1.54) is 11.3 Å². The van der Waals surface area contributed by atoms with Gasteiger partial charge >= 0.3 is 0 Å². The SMILES string of the molecule is Cc1ccc(NC(=O)Cc2nc(-c3ccc(C#N)cc3)cs2)cc1. The van der Waals surface area contributed by atoms with Crippen LogP contribution in [-0.4, -0.2) is 10.9 Å². The van der Waals surface area contributed by atoms with Gasteiger partial charge < -0.3 is 5.32 Å². The van der Waals surface area contributed by atoms with Crippen LogP contribution in [0.2, 0.25) is 0 Å². The second-order valence-electron chi connectivity index (χ2n) is 5.41. The first-order chi connectivity index (χ1) is 11.6. The van der Waals surface area contributed by atoms with E-state index in [9.17, 15) is 4.79 Å². The fourth-order valence-corrected chi connectivity index (χ4v) is 3.02. The van der Waals surface area contributed by atoms with Crippen molar-refractivity contribution >= 4 is 22.9 Å². The van der Waals surface area contributed by atoms with Gasteiger partial charge in [0, 0.05) is 16.6 Å². The Bertz CT molecular complexity index is 890. The van der Waals surface area contributed by atoms with Crippen LogP contribution < -0.4 is 5.32 Å². The summed E-state index contributed by atoms with van der Waals surface area (Å²) >= 11 is 1.46. The number of thiazole rings is 1. The summed E-state index contributed by atoms with van der Waals surface area (Å²) in [6, 6.07) is 17.0. The number of hydrogen-bond donors (Lipinski definition) is 1. The van der Waals surface area contributed by atoms with Gasteiger partial charge in [0.15, 0.2) is 0 Å². The fraction of sp³-hybridized carbons (Fsp3) is 0.105. The van der Waals surface area contributed by atoms with Gasteiger partial charge in [-0.1, -0.05) is 29.8 Å². The molecule has 0 saturated heterocycles. The molecule has 1 amide bonds. The van der Waals surface area contributed by atoms with Crippen LogP contribution in [0.4, 0.5) is 5.69 Å². The zero-order chi connectivity index (χ0) is 16.9. The van der Waals surface area contributed by atoms with E-state index in [2.05, 4.69) is 16.4 Å². The summed E-state index contributed by atoms with van der Waals surface area (Å²) in [6.45, 7) is 2.01. The number of anilines is 1. The number of rotatable bonds is 4. The van der Waals surface area contributed by atoms with E-state index in [-0.39, 0.29) is 12.3 Å². The van der Waals surface area contributed by atoms with Crippen molar-refractivity contribution in [1.29, 1.82) is 5.26 Å². The number of benzene rings is 2. The van der Waals surface area contributed by atoms with E-state index in [4.69, 9.17) is 5.26 Å². The predicted molar refractivity (Wildman–Crippen MR) is 95.8 cm³/mol. The number of nitrogens with one attached hydrogen (secondary N) is 1. The van der Waals surface area contributed by atoms with Gasteiger partial charge in [-0.25, -0.2) is 4.98 Å². The van der Waals surface area contributed by atoms with Crippen molar-refractivity contribution in [2.75, 3.05) is 5.32 Å². The third kappa shape index (κ3) is 3.86. The Labute approximate surface area is 144 Å². The highest BCUT2D eigenvalue weighted by molar-refractivity contribution is 7.10. The lowest BCUT2D eigenvalue weighted by Crippen LogP contribution is -2.14. The second kappa shape index (κ2) is 7.07. The molecule has 0 saturated carbocycles. The first-order valence-corrected chi connectivity index (χ1v) is 8.33. The number of aromatic nitrogens is 1. The number of carbonyl (C=O) groups is 1. The predicted octanol–water partition coefficient (Wildman–Crippen LogP) is 4.17. The average Bonchev–Trinajstić information content (AvgIpc) is 3.05. The number of nitriles is 1. The van der Waals surface area contributed by atoms with Gasteiger partial charge in [-0.15, -0.1) is 11.3 Å². The summed E-state index contributed by atoms with van der Waals surface area (Å²) in [5, 5.41) is 14.4. The van der Waals surface area contributed by atoms with Gasteiger partial charge in [-0.2, -0.15) is 5.26 Å². The van der Waals surface area contributed by atoms with Crippen LogP contribution in [-0.2, 0) is 11.2 Å². The van der Waals surface area contributed by atoms with E-state index in [0.29, 0.717) is 5.56 Å². The van der Waals surface area contributed by atoms with Crippen LogP contribution in [0.1, 0.15) is 16.1 Å². The van der Waals surface area contributed by atoms with Crippen molar-refractivity contribution < 1.29 is 4.79 Å². The van der Waals surface area contributed by atoms with Crippen molar-refractivity contribution in [3.63, 3.8) is 0 Å². The Hall–Kier alpha value is -2.97. The third-order valence-corrected chi connectivity index (χ3v) is 4.36. The van der Waals surface area contributed by atoms with E-state index < -0.39 is 0 Å². The topological polar surface area (TPSA) is 65.8 Å². The molecule has 0 radical (unpaired) electrons. The first-order valence-electron chi connectivity index (χ1n) is 7.45. The van der Waals surface area contributed by atoms with Gasteiger partial charge in [0.25, 0.3) is 0 Å². The molecule has 0 bridgehead atoms. The Morgan fingerprint density at radius 3 is 2.54 bits per heavy atom. The zero-order valence-electron chi connectivity index (χ0n) is 13.1. The normalized spacial score (nSPS) is 10.2. The maximum atomic E-state index is 12.1. The van der Waals surface area contributed by atoms with Crippen LogP contribution in [0.25, 0.3) is 11.3 Å². The quantitative estimate of drug-likeness (QED) is 0.779. The maximum absolute atomic E-state index is 12.1. The highest BCUT2D eigenvalue weighted by Gasteiger charge is 2.09. The van der Waals surface area contributed by atoms with Gasteiger partial charge in [0.1, 0.15) is 5.01 Å². The molecular formula is C19H15N3OS. The number of aryl methyl sites for hydroxylation is 1. The second-order valence-corrected chi connectivity index (χ2v) is 6.35. The lowest BCUT2D eigenvalue weighted by atomic mass is 10.1. The molecule has 1 heterocycles. The molecule has 5 heteroatoms. The molecule has 0 spiro atoms. The Morgan fingerprint density at radius 2 is 1.88 bits per heavy atom. The summed E-state index contributed by atoms with van der Waals surface area (Å²) in [5.74, 6) is -0.0837. The van der Waals surface area contributed by atoms with Crippen molar-refractivity contribution in [2.45, 2.75) is 13.3 Å². The van der Waals surface area contributed by atoms with Gasteiger partial charge in [-0.05, 0) is 31.2 Å². The largest absolute Gasteiger partial charge is 0.326 e. The molecular weight excluding hydrogens is 318 g/mol. The van der Waals surface area contributed by atoms with Crippen LogP contribution in [0.3, 0.4) is 0 Å². The van der Waals surface area contributed by atoms with E-state index in [1.807, 2.05) is 48.7 Å². The number of carbonyl (C=O) groups excluding carboxylic acids is 1. The molecule has 4 nitrogen and oxygen atoms in total. The summed E-state index contributed by atoms with van der Waals surface area (Å²) in [4.78, 5) is 16.6. The molecule has 0 aliphatic rings. The summed E-state index contributed by atoms with van der Waals surface area (Å²) in [6.07, 6.45) is 0.245. The van der Waals surface area contributed by atoms with E-state index >= 15 is 0 Å². The third-order valence-electron chi connectivity index (χ3n) is 3.51.